The fraction of sp³-hybridized carbons (Fsp3) is 0.316. The van der Waals surface area contributed by atoms with E-state index in [9.17, 15) is 4.79 Å². The van der Waals surface area contributed by atoms with Crippen molar-refractivity contribution in [2.45, 2.75) is 39.0 Å². The summed E-state index contributed by atoms with van der Waals surface area (Å²) < 4.78 is 5.93. The number of amides is 1. The van der Waals surface area contributed by atoms with Crippen LogP contribution in [0, 0.1) is 6.92 Å². The number of hydrogen-bond donors (Lipinski definition) is 2. The van der Waals surface area contributed by atoms with Crippen LogP contribution in [0.15, 0.2) is 36.4 Å². The molecule has 2 heterocycles. The number of fused-ring (bicyclic) bond motifs is 2. The highest BCUT2D eigenvalue weighted by atomic mass is 16.5. The second-order valence-corrected chi connectivity index (χ2v) is 6.95. The Morgan fingerprint density at radius 2 is 2.00 bits per heavy atom. The van der Waals surface area contributed by atoms with E-state index >= 15 is 0 Å². The molecule has 1 amide bonds. The number of aryl methyl sites for hydroxylation is 1. The smallest absolute Gasteiger partial charge is 0.255 e. The van der Waals surface area contributed by atoms with Gasteiger partial charge in [0, 0.05) is 6.42 Å². The minimum atomic E-state index is -0.217. The summed E-state index contributed by atoms with van der Waals surface area (Å²) in [5.41, 5.74) is 4.78. The van der Waals surface area contributed by atoms with Crippen LogP contribution in [0.1, 0.15) is 47.1 Å². The predicted octanol–water partition coefficient (Wildman–Crippen LogP) is 3.56. The van der Waals surface area contributed by atoms with E-state index in [2.05, 4.69) is 30.5 Å². The summed E-state index contributed by atoms with van der Waals surface area (Å²) in [7, 11) is 0. The second kappa shape index (κ2) is 4.75. The zero-order chi connectivity index (χ0) is 16.2. The molecule has 1 atom stereocenters. The standard InChI is InChI=1S/C19H20N2O2/c1-11-5-4-6-14-16(11)20-17(21-18(14)22)12-7-8-15-13(9-12)10-19(2,3)23-15/h4-9,17,20H,10H2,1-3H3,(H,21,22)/t17-/m1/s1. The first kappa shape index (κ1) is 14.1. The van der Waals surface area contributed by atoms with E-state index in [0.717, 1.165) is 29.0 Å². The van der Waals surface area contributed by atoms with Crippen LogP contribution in [0.25, 0.3) is 0 Å². The largest absolute Gasteiger partial charge is 0.487 e. The summed E-state index contributed by atoms with van der Waals surface area (Å²) in [6.45, 7) is 6.19. The first-order valence-electron chi connectivity index (χ1n) is 7.92. The number of ether oxygens (including phenoxy) is 1. The Morgan fingerprint density at radius 3 is 2.83 bits per heavy atom. The van der Waals surface area contributed by atoms with E-state index in [0.29, 0.717) is 5.56 Å². The summed E-state index contributed by atoms with van der Waals surface area (Å²) >= 11 is 0. The van der Waals surface area contributed by atoms with Crippen molar-refractivity contribution in [2.24, 2.45) is 0 Å². The molecule has 23 heavy (non-hydrogen) atoms. The van der Waals surface area contributed by atoms with Gasteiger partial charge >= 0.3 is 0 Å². The third-order valence-corrected chi connectivity index (χ3v) is 4.50. The number of nitrogens with one attached hydrogen (secondary N) is 2. The zero-order valence-electron chi connectivity index (χ0n) is 13.6. The molecule has 0 bridgehead atoms. The average molecular weight is 308 g/mol. The van der Waals surface area contributed by atoms with Gasteiger partial charge in [-0.3, -0.25) is 4.79 Å². The highest BCUT2D eigenvalue weighted by molar-refractivity contribution is 6.02. The van der Waals surface area contributed by atoms with Gasteiger partial charge in [-0.05, 0) is 55.7 Å². The minimum absolute atomic E-state index is 0.0375. The van der Waals surface area contributed by atoms with Gasteiger partial charge in [-0.1, -0.05) is 18.2 Å². The maximum absolute atomic E-state index is 12.4. The van der Waals surface area contributed by atoms with Gasteiger partial charge in [-0.2, -0.15) is 0 Å². The van der Waals surface area contributed by atoms with Crippen molar-refractivity contribution in [3.8, 4) is 5.75 Å². The molecule has 0 spiro atoms. The molecule has 0 saturated heterocycles. The number of rotatable bonds is 1. The second-order valence-electron chi connectivity index (χ2n) is 6.95. The van der Waals surface area contributed by atoms with Crippen molar-refractivity contribution in [1.82, 2.24) is 5.32 Å². The molecule has 2 aromatic rings. The first-order valence-corrected chi connectivity index (χ1v) is 7.92. The predicted molar refractivity (Wildman–Crippen MR) is 89.9 cm³/mol. The van der Waals surface area contributed by atoms with Crippen molar-refractivity contribution in [3.05, 3.63) is 58.7 Å². The molecule has 4 heteroatoms. The number of benzene rings is 2. The van der Waals surface area contributed by atoms with Gasteiger partial charge < -0.3 is 15.4 Å². The molecular weight excluding hydrogens is 288 g/mol. The Balaban J connectivity index is 1.69. The van der Waals surface area contributed by atoms with Gasteiger partial charge in [0.15, 0.2) is 0 Å². The number of carbonyl (C=O) groups is 1. The number of para-hydroxylation sites is 1. The van der Waals surface area contributed by atoms with Crippen molar-refractivity contribution in [3.63, 3.8) is 0 Å². The fourth-order valence-corrected chi connectivity index (χ4v) is 3.41. The van der Waals surface area contributed by atoms with Crippen molar-refractivity contribution in [1.29, 1.82) is 0 Å². The van der Waals surface area contributed by atoms with Crippen LogP contribution < -0.4 is 15.4 Å². The lowest BCUT2D eigenvalue weighted by Crippen LogP contribution is -2.38. The number of carbonyl (C=O) groups excluding carboxylic acids is 1. The molecule has 0 unspecified atom stereocenters. The van der Waals surface area contributed by atoms with Crippen molar-refractivity contribution < 1.29 is 9.53 Å². The Kier molecular flexibility index (Phi) is 2.92. The molecule has 2 aliphatic heterocycles. The summed E-state index contributed by atoms with van der Waals surface area (Å²) in [6, 6.07) is 11.9. The monoisotopic (exact) mass is 308 g/mol. The molecule has 2 aliphatic rings. The Morgan fingerprint density at radius 1 is 1.17 bits per heavy atom. The van der Waals surface area contributed by atoms with Crippen molar-refractivity contribution >= 4 is 11.6 Å². The van der Waals surface area contributed by atoms with Crippen LogP contribution in [-0.2, 0) is 6.42 Å². The molecular formula is C19H20N2O2. The van der Waals surface area contributed by atoms with E-state index in [1.807, 2.05) is 37.3 Å². The van der Waals surface area contributed by atoms with E-state index in [-0.39, 0.29) is 17.7 Å². The van der Waals surface area contributed by atoms with Gasteiger partial charge in [0.2, 0.25) is 0 Å². The molecule has 0 saturated carbocycles. The summed E-state index contributed by atoms with van der Waals surface area (Å²) in [5.74, 6) is 0.905. The SMILES string of the molecule is Cc1cccc2c1N[C@@H](c1ccc3c(c1)CC(C)(C)O3)NC2=O. The Bertz CT molecular complexity index is 811. The van der Waals surface area contributed by atoms with Gasteiger partial charge in [0.25, 0.3) is 5.91 Å². The third kappa shape index (κ3) is 2.34. The average Bonchev–Trinajstić information content (AvgIpc) is 2.81. The summed E-state index contributed by atoms with van der Waals surface area (Å²) in [6.07, 6.45) is 0.664. The fourth-order valence-electron chi connectivity index (χ4n) is 3.41. The first-order chi connectivity index (χ1) is 10.9. The summed E-state index contributed by atoms with van der Waals surface area (Å²) in [5, 5.41) is 6.49. The van der Waals surface area contributed by atoms with Gasteiger partial charge in [0.1, 0.15) is 17.5 Å². The lowest BCUT2D eigenvalue weighted by molar-refractivity contribution is 0.0935. The molecule has 0 radical (unpaired) electrons. The van der Waals surface area contributed by atoms with Crippen LogP contribution in [0.2, 0.25) is 0 Å². The van der Waals surface area contributed by atoms with Crippen LogP contribution in [0.5, 0.6) is 5.75 Å². The van der Waals surface area contributed by atoms with Crippen LogP contribution >= 0.6 is 0 Å². The molecule has 4 rings (SSSR count). The van der Waals surface area contributed by atoms with Gasteiger partial charge in [-0.15, -0.1) is 0 Å². The van der Waals surface area contributed by atoms with Crippen LogP contribution in [0.3, 0.4) is 0 Å². The topological polar surface area (TPSA) is 50.4 Å². The van der Waals surface area contributed by atoms with Crippen LogP contribution in [0.4, 0.5) is 5.69 Å². The normalized spacial score (nSPS) is 20.8. The molecule has 4 nitrogen and oxygen atoms in total. The highest BCUT2D eigenvalue weighted by Crippen LogP contribution is 2.37. The van der Waals surface area contributed by atoms with E-state index in [1.54, 1.807) is 0 Å². The molecule has 2 aromatic carbocycles. The molecule has 118 valence electrons. The van der Waals surface area contributed by atoms with E-state index in [4.69, 9.17) is 4.74 Å². The maximum Gasteiger partial charge on any atom is 0.255 e. The van der Waals surface area contributed by atoms with E-state index in [1.165, 1.54) is 5.56 Å². The molecule has 0 aromatic heterocycles. The van der Waals surface area contributed by atoms with Gasteiger partial charge in [-0.25, -0.2) is 0 Å². The van der Waals surface area contributed by atoms with Gasteiger partial charge in [0.05, 0.1) is 11.3 Å². The number of anilines is 1. The summed E-state index contributed by atoms with van der Waals surface area (Å²) in [4.78, 5) is 12.4. The van der Waals surface area contributed by atoms with E-state index < -0.39 is 0 Å². The minimum Gasteiger partial charge on any atom is -0.487 e. The lowest BCUT2D eigenvalue weighted by atomic mass is 9.98. The zero-order valence-corrected chi connectivity index (χ0v) is 13.6. The third-order valence-electron chi connectivity index (χ3n) is 4.50. The molecule has 2 N–H and O–H groups in total. The highest BCUT2D eigenvalue weighted by Gasteiger charge is 2.31. The molecule has 0 aliphatic carbocycles. The van der Waals surface area contributed by atoms with Crippen molar-refractivity contribution in [2.75, 3.05) is 5.32 Å². The maximum atomic E-state index is 12.4. The lowest BCUT2D eigenvalue weighted by Gasteiger charge is -2.29. The quantitative estimate of drug-likeness (QED) is 0.847. The Labute approximate surface area is 135 Å². The van der Waals surface area contributed by atoms with Crippen LogP contribution in [-0.4, -0.2) is 11.5 Å². The number of hydrogen-bond acceptors (Lipinski definition) is 3. The molecule has 0 fully saturated rings. The Hall–Kier alpha value is -2.49.